The Morgan fingerprint density at radius 2 is 1.80 bits per heavy atom. The van der Waals surface area contributed by atoms with Gasteiger partial charge in [-0.05, 0) is 48.7 Å². The Kier molecular flexibility index (Phi) is 5.28. The maximum atomic E-state index is 6.39. The van der Waals surface area contributed by atoms with Gasteiger partial charge in [-0.2, -0.15) is 0 Å². The molecule has 0 atom stereocenters. The van der Waals surface area contributed by atoms with Gasteiger partial charge in [-0.1, -0.05) is 49.1 Å². The number of anilines is 3. The Bertz CT molecular complexity index is 1150. The van der Waals surface area contributed by atoms with Crippen molar-refractivity contribution in [1.82, 2.24) is 15.0 Å². The zero-order valence-corrected chi connectivity index (χ0v) is 17.4. The number of H-pyrrole nitrogens is 1. The van der Waals surface area contributed by atoms with E-state index in [1.54, 1.807) is 0 Å². The van der Waals surface area contributed by atoms with Crippen molar-refractivity contribution in [3.8, 4) is 11.1 Å². The lowest BCUT2D eigenvalue weighted by molar-refractivity contribution is 0.462. The zero-order valence-electron chi connectivity index (χ0n) is 16.7. The number of aromatic amines is 1. The number of benzene rings is 1. The van der Waals surface area contributed by atoms with E-state index in [0.29, 0.717) is 11.2 Å². The van der Waals surface area contributed by atoms with Crippen molar-refractivity contribution in [2.75, 3.05) is 10.6 Å². The number of hydrogen-bond donors (Lipinski definition) is 3. The van der Waals surface area contributed by atoms with Crippen molar-refractivity contribution in [2.24, 2.45) is 0 Å². The van der Waals surface area contributed by atoms with Gasteiger partial charge in [0.05, 0.1) is 11.9 Å². The van der Waals surface area contributed by atoms with Crippen LogP contribution in [0.3, 0.4) is 0 Å². The molecule has 0 bridgehead atoms. The molecule has 1 fully saturated rings. The van der Waals surface area contributed by atoms with E-state index in [2.05, 4.69) is 37.7 Å². The van der Waals surface area contributed by atoms with E-state index in [0.717, 1.165) is 39.4 Å². The average Bonchev–Trinajstić information content (AvgIpc) is 3.18. The molecule has 152 valence electrons. The van der Waals surface area contributed by atoms with Gasteiger partial charge >= 0.3 is 0 Å². The van der Waals surface area contributed by atoms with Gasteiger partial charge in [0.15, 0.2) is 0 Å². The molecule has 1 aliphatic carbocycles. The van der Waals surface area contributed by atoms with Crippen LogP contribution < -0.4 is 10.6 Å². The lowest BCUT2D eigenvalue weighted by Gasteiger charge is -2.23. The fourth-order valence-corrected chi connectivity index (χ4v) is 4.39. The molecule has 1 aromatic carbocycles. The number of nitrogens with one attached hydrogen (secondary N) is 3. The second-order valence-corrected chi connectivity index (χ2v) is 8.24. The van der Waals surface area contributed by atoms with Crippen molar-refractivity contribution in [3.63, 3.8) is 0 Å². The molecule has 4 aromatic rings. The van der Waals surface area contributed by atoms with E-state index >= 15 is 0 Å². The molecule has 0 unspecified atom stereocenters. The van der Waals surface area contributed by atoms with Gasteiger partial charge in [-0.25, -0.2) is 9.97 Å². The summed E-state index contributed by atoms with van der Waals surface area (Å²) in [4.78, 5) is 12.4. The minimum absolute atomic E-state index is 0.476. The molecule has 5 rings (SSSR count). The van der Waals surface area contributed by atoms with E-state index in [-0.39, 0.29) is 0 Å². The Morgan fingerprint density at radius 3 is 2.63 bits per heavy atom. The quantitative estimate of drug-likeness (QED) is 0.313. The molecular weight excluding hydrogens is 394 g/mol. The maximum absolute atomic E-state index is 6.39. The predicted octanol–water partition coefficient (Wildman–Crippen LogP) is 6.77. The molecule has 0 amide bonds. The average molecular weight is 418 g/mol. The Morgan fingerprint density at radius 1 is 0.967 bits per heavy atom. The first-order chi connectivity index (χ1) is 14.7. The first kappa shape index (κ1) is 18.9. The molecule has 0 aliphatic heterocycles. The first-order valence-corrected chi connectivity index (χ1v) is 10.9. The van der Waals surface area contributed by atoms with Crippen LogP contribution in [0.5, 0.6) is 0 Å². The fraction of sp³-hybridized carbons (Fsp3) is 0.250. The number of aromatic nitrogens is 3. The summed E-state index contributed by atoms with van der Waals surface area (Å²) in [7, 11) is 0. The predicted molar refractivity (Wildman–Crippen MR) is 125 cm³/mol. The van der Waals surface area contributed by atoms with Crippen LogP contribution in [-0.4, -0.2) is 21.0 Å². The van der Waals surface area contributed by atoms with Gasteiger partial charge in [0.25, 0.3) is 0 Å². The summed E-state index contributed by atoms with van der Waals surface area (Å²) in [6, 6.07) is 16.7. The second-order valence-electron chi connectivity index (χ2n) is 7.86. The summed E-state index contributed by atoms with van der Waals surface area (Å²) in [5, 5.41) is 8.53. The van der Waals surface area contributed by atoms with Gasteiger partial charge in [0.1, 0.15) is 16.6 Å². The lowest BCUT2D eigenvalue weighted by atomic mass is 9.95. The Labute approximate surface area is 180 Å². The van der Waals surface area contributed by atoms with Crippen LogP contribution in [0.4, 0.5) is 17.2 Å². The van der Waals surface area contributed by atoms with Gasteiger partial charge in [-0.15, -0.1) is 0 Å². The normalized spacial score (nSPS) is 14.7. The number of fused-ring (bicyclic) bond motifs is 1. The molecule has 0 spiro atoms. The summed E-state index contributed by atoms with van der Waals surface area (Å²) in [5.74, 6) is 0.838. The Hall–Kier alpha value is -3.05. The third-order valence-electron chi connectivity index (χ3n) is 5.66. The summed E-state index contributed by atoms with van der Waals surface area (Å²) in [6.45, 7) is 0. The van der Waals surface area contributed by atoms with Crippen LogP contribution in [0.15, 0.2) is 60.9 Å². The molecule has 30 heavy (non-hydrogen) atoms. The largest absolute Gasteiger partial charge is 0.367 e. The highest BCUT2D eigenvalue weighted by molar-refractivity contribution is 6.29. The van der Waals surface area contributed by atoms with Gasteiger partial charge < -0.3 is 15.6 Å². The van der Waals surface area contributed by atoms with Gasteiger partial charge in [0, 0.05) is 28.9 Å². The molecule has 6 heteroatoms. The van der Waals surface area contributed by atoms with Gasteiger partial charge in [0.2, 0.25) is 0 Å². The van der Waals surface area contributed by atoms with Crippen LogP contribution in [0, 0.1) is 0 Å². The molecule has 3 heterocycles. The van der Waals surface area contributed by atoms with E-state index in [1.165, 1.54) is 32.1 Å². The number of para-hydroxylation sites is 1. The van der Waals surface area contributed by atoms with E-state index in [9.17, 15) is 0 Å². The zero-order chi connectivity index (χ0) is 20.3. The van der Waals surface area contributed by atoms with Crippen molar-refractivity contribution >= 4 is 39.8 Å². The van der Waals surface area contributed by atoms with Crippen molar-refractivity contribution in [1.29, 1.82) is 0 Å². The summed E-state index contributed by atoms with van der Waals surface area (Å²) < 4.78 is 0. The maximum Gasteiger partial charge on any atom is 0.138 e. The smallest absolute Gasteiger partial charge is 0.138 e. The fourth-order valence-electron chi connectivity index (χ4n) is 4.18. The monoisotopic (exact) mass is 417 g/mol. The molecule has 5 nitrogen and oxygen atoms in total. The number of rotatable bonds is 5. The highest BCUT2D eigenvalue weighted by atomic mass is 35.5. The third kappa shape index (κ3) is 4.12. The highest BCUT2D eigenvalue weighted by Crippen LogP contribution is 2.33. The lowest BCUT2D eigenvalue weighted by Crippen LogP contribution is -2.22. The standard InChI is InChI=1S/C24H24ClN5/c25-22-11-16(12-23(30-22)29-18-9-5-2-6-10-18)21-15-27-24-20(21)13-19(14-26-24)28-17-7-3-1-4-8-17/h1,3-4,7-8,11-15,18,28H,2,5-6,9-10H2,(H,26,27)(H,29,30). The minimum atomic E-state index is 0.476. The van der Waals surface area contributed by atoms with Gasteiger partial charge in [-0.3, -0.25) is 0 Å². The minimum Gasteiger partial charge on any atom is -0.367 e. The Balaban J connectivity index is 1.47. The summed E-state index contributed by atoms with van der Waals surface area (Å²) in [6.07, 6.45) is 10.1. The van der Waals surface area contributed by atoms with E-state index in [1.807, 2.05) is 48.8 Å². The van der Waals surface area contributed by atoms with E-state index < -0.39 is 0 Å². The molecule has 3 aromatic heterocycles. The third-order valence-corrected chi connectivity index (χ3v) is 5.85. The van der Waals surface area contributed by atoms with Crippen molar-refractivity contribution in [3.05, 3.63) is 66.1 Å². The summed E-state index contributed by atoms with van der Waals surface area (Å²) in [5.41, 5.74) is 4.90. The second kappa shape index (κ2) is 8.36. The topological polar surface area (TPSA) is 65.6 Å². The van der Waals surface area contributed by atoms with E-state index in [4.69, 9.17) is 11.6 Å². The summed E-state index contributed by atoms with van der Waals surface area (Å²) >= 11 is 6.39. The van der Waals surface area contributed by atoms with Crippen molar-refractivity contribution < 1.29 is 0 Å². The number of nitrogens with zero attached hydrogens (tertiary/aromatic N) is 2. The molecular formula is C24H24ClN5. The number of pyridine rings is 2. The van der Waals surface area contributed by atoms with Crippen LogP contribution in [0.1, 0.15) is 32.1 Å². The van der Waals surface area contributed by atoms with Crippen LogP contribution in [0.25, 0.3) is 22.2 Å². The molecule has 3 N–H and O–H groups in total. The molecule has 1 aliphatic rings. The molecule has 1 saturated carbocycles. The van der Waals surface area contributed by atoms with Crippen molar-refractivity contribution in [2.45, 2.75) is 38.1 Å². The molecule has 0 saturated heterocycles. The first-order valence-electron chi connectivity index (χ1n) is 10.5. The molecule has 0 radical (unpaired) electrons. The number of hydrogen-bond acceptors (Lipinski definition) is 4. The SMILES string of the molecule is Clc1cc(-c2c[nH]c3ncc(Nc4ccccc4)cc23)cc(NC2CCCCC2)n1. The number of halogens is 1. The van der Waals surface area contributed by atoms with Crippen LogP contribution >= 0.6 is 11.6 Å². The van der Waals surface area contributed by atoms with Crippen LogP contribution in [0.2, 0.25) is 5.15 Å². The van der Waals surface area contributed by atoms with Crippen LogP contribution in [-0.2, 0) is 0 Å². The highest BCUT2D eigenvalue weighted by Gasteiger charge is 2.15.